The number of nitrogens with zero attached hydrogens (tertiary/aromatic N) is 5. The molecule has 1 aliphatic rings. The first-order chi connectivity index (χ1) is 11.2. The summed E-state index contributed by atoms with van der Waals surface area (Å²) < 4.78 is 0. The molecule has 0 unspecified atom stereocenters. The first kappa shape index (κ1) is 15.9. The van der Waals surface area contributed by atoms with E-state index in [1.165, 1.54) is 10.7 Å². The molecule has 0 N–H and O–H groups in total. The summed E-state index contributed by atoms with van der Waals surface area (Å²) in [6.07, 6.45) is 1.71. The van der Waals surface area contributed by atoms with Crippen LogP contribution in [0.3, 0.4) is 0 Å². The largest absolute Gasteiger partial charge is 0.354 e. The van der Waals surface area contributed by atoms with Crippen LogP contribution in [0.5, 0.6) is 0 Å². The molecule has 5 nitrogen and oxygen atoms in total. The van der Waals surface area contributed by atoms with Crippen LogP contribution in [0.2, 0.25) is 0 Å². The van der Waals surface area contributed by atoms with Gasteiger partial charge in [-0.05, 0) is 12.1 Å². The van der Waals surface area contributed by atoms with Gasteiger partial charge in [0.1, 0.15) is 5.82 Å². The number of hydrogen-bond acceptors (Lipinski definition) is 6. The lowest BCUT2D eigenvalue weighted by molar-refractivity contribution is 0.247. The van der Waals surface area contributed by atoms with E-state index in [-0.39, 0.29) is 0 Å². The van der Waals surface area contributed by atoms with Crippen LogP contribution in [0.4, 0.5) is 5.82 Å². The van der Waals surface area contributed by atoms with E-state index in [0.29, 0.717) is 11.5 Å². The second-order valence-corrected chi connectivity index (χ2v) is 7.00. The van der Waals surface area contributed by atoms with E-state index in [4.69, 9.17) is 10.2 Å². The van der Waals surface area contributed by atoms with Crippen LogP contribution in [0.1, 0.15) is 36.0 Å². The monoisotopic (exact) mass is 327 g/mol. The van der Waals surface area contributed by atoms with Gasteiger partial charge in [-0.1, -0.05) is 13.8 Å². The second-order valence-electron chi connectivity index (χ2n) is 6.11. The molecular weight excluding hydrogens is 306 g/mol. The van der Waals surface area contributed by atoms with Gasteiger partial charge in [-0.25, -0.2) is 9.97 Å². The van der Waals surface area contributed by atoms with Crippen molar-refractivity contribution in [3.8, 4) is 6.07 Å². The van der Waals surface area contributed by atoms with Crippen molar-refractivity contribution in [3.63, 3.8) is 0 Å². The molecule has 120 valence electrons. The predicted molar refractivity (Wildman–Crippen MR) is 92.6 cm³/mol. The van der Waals surface area contributed by atoms with Gasteiger partial charge in [0.25, 0.3) is 0 Å². The van der Waals surface area contributed by atoms with E-state index in [1.54, 1.807) is 23.6 Å². The molecule has 6 heteroatoms. The lowest BCUT2D eigenvalue weighted by Crippen LogP contribution is -2.46. The van der Waals surface area contributed by atoms with Crippen LogP contribution in [0.15, 0.2) is 23.7 Å². The van der Waals surface area contributed by atoms with Gasteiger partial charge in [0.15, 0.2) is 0 Å². The third-order valence-electron chi connectivity index (χ3n) is 4.02. The molecule has 3 rings (SSSR count). The molecule has 0 spiro atoms. The summed E-state index contributed by atoms with van der Waals surface area (Å²) in [7, 11) is 0. The van der Waals surface area contributed by atoms with Gasteiger partial charge < -0.3 is 4.90 Å². The Morgan fingerprint density at radius 1 is 1.30 bits per heavy atom. The third-order valence-corrected chi connectivity index (χ3v) is 5.21. The van der Waals surface area contributed by atoms with Gasteiger partial charge >= 0.3 is 0 Å². The van der Waals surface area contributed by atoms with Crippen LogP contribution in [-0.2, 0) is 6.54 Å². The van der Waals surface area contributed by atoms with E-state index in [2.05, 4.69) is 40.1 Å². The highest BCUT2D eigenvalue weighted by molar-refractivity contribution is 7.09. The van der Waals surface area contributed by atoms with Crippen LogP contribution < -0.4 is 4.90 Å². The first-order valence-electron chi connectivity index (χ1n) is 7.93. The van der Waals surface area contributed by atoms with Crippen LogP contribution >= 0.6 is 11.3 Å². The lowest BCUT2D eigenvalue weighted by atomic mass is 10.2. The molecule has 2 aromatic heterocycles. The van der Waals surface area contributed by atoms with E-state index in [0.717, 1.165) is 38.5 Å². The minimum atomic E-state index is 0.504. The molecule has 23 heavy (non-hydrogen) atoms. The summed E-state index contributed by atoms with van der Waals surface area (Å²) >= 11 is 1.76. The molecule has 0 saturated carbocycles. The van der Waals surface area contributed by atoms with Gasteiger partial charge in [-0.2, -0.15) is 5.26 Å². The second kappa shape index (κ2) is 7.07. The van der Waals surface area contributed by atoms with Gasteiger partial charge in [-0.3, -0.25) is 4.90 Å². The van der Waals surface area contributed by atoms with Crippen molar-refractivity contribution in [2.75, 3.05) is 31.1 Å². The first-order valence-corrected chi connectivity index (χ1v) is 8.81. The van der Waals surface area contributed by atoms with Crippen molar-refractivity contribution in [1.82, 2.24) is 14.9 Å². The number of hydrogen-bond donors (Lipinski definition) is 0. The number of thiazole rings is 1. The SMILES string of the molecule is CC(C)c1nc(CN2CCN(c3cc(C#N)ccn3)CC2)cs1. The minimum absolute atomic E-state index is 0.504. The van der Waals surface area contributed by atoms with Crippen molar-refractivity contribution in [2.24, 2.45) is 0 Å². The fraction of sp³-hybridized carbons (Fsp3) is 0.471. The number of nitriles is 1. The molecule has 3 heterocycles. The van der Waals surface area contributed by atoms with Gasteiger partial charge in [-0.15, -0.1) is 11.3 Å². The number of anilines is 1. The number of pyridine rings is 1. The fourth-order valence-electron chi connectivity index (χ4n) is 2.69. The van der Waals surface area contributed by atoms with Crippen molar-refractivity contribution < 1.29 is 0 Å². The maximum atomic E-state index is 9.00. The summed E-state index contributed by atoms with van der Waals surface area (Å²) in [6, 6.07) is 5.79. The Morgan fingerprint density at radius 3 is 2.74 bits per heavy atom. The standard InChI is InChI=1S/C17H21N5S/c1-13(2)17-20-15(12-23-17)11-21-5-7-22(8-6-21)16-9-14(10-18)3-4-19-16/h3-4,9,12-13H,5-8,11H2,1-2H3. The minimum Gasteiger partial charge on any atom is -0.354 e. The molecule has 2 aromatic rings. The highest BCUT2D eigenvalue weighted by Crippen LogP contribution is 2.21. The lowest BCUT2D eigenvalue weighted by Gasteiger charge is -2.35. The van der Waals surface area contributed by atoms with Gasteiger partial charge in [0, 0.05) is 50.2 Å². The number of piperazine rings is 1. The topological polar surface area (TPSA) is 56.1 Å². The summed E-state index contributed by atoms with van der Waals surface area (Å²) in [4.78, 5) is 13.8. The van der Waals surface area contributed by atoms with Gasteiger partial charge in [0.2, 0.25) is 0 Å². The van der Waals surface area contributed by atoms with E-state index < -0.39 is 0 Å². The molecule has 0 amide bonds. The van der Waals surface area contributed by atoms with Crippen LogP contribution in [-0.4, -0.2) is 41.0 Å². The Bertz CT molecular complexity index is 695. The smallest absolute Gasteiger partial charge is 0.129 e. The fourth-order valence-corrected chi connectivity index (χ4v) is 3.51. The highest BCUT2D eigenvalue weighted by atomic mass is 32.1. The van der Waals surface area contributed by atoms with Crippen molar-refractivity contribution in [2.45, 2.75) is 26.3 Å². The molecule has 0 bridgehead atoms. The molecule has 0 aromatic carbocycles. The third kappa shape index (κ3) is 3.87. The Balaban J connectivity index is 1.56. The zero-order chi connectivity index (χ0) is 16.2. The predicted octanol–water partition coefficient (Wildman–Crippen LogP) is 2.86. The van der Waals surface area contributed by atoms with Crippen molar-refractivity contribution >= 4 is 17.2 Å². The number of rotatable bonds is 4. The van der Waals surface area contributed by atoms with E-state index in [1.807, 2.05) is 6.07 Å². The number of aromatic nitrogens is 2. The summed E-state index contributed by atoms with van der Waals surface area (Å²) in [5, 5.41) is 12.4. The summed E-state index contributed by atoms with van der Waals surface area (Å²) in [5.74, 6) is 1.41. The maximum absolute atomic E-state index is 9.00. The van der Waals surface area contributed by atoms with Crippen molar-refractivity contribution in [1.29, 1.82) is 5.26 Å². The summed E-state index contributed by atoms with van der Waals surface area (Å²) in [5.41, 5.74) is 1.85. The maximum Gasteiger partial charge on any atom is 0.129 e. The van der Waals surface area contributed by atoms with E-state index in [9.17, 15) is 0 Å². The zero-order valence-electron chi connectivity index (χ0n) is 13.6. The Kier molecular flexibility index (Phi) is 4.89. The normalized spacial score (nSPS) is 15.8. The quantitative estimate of drug-likeness (QED) is 0.864. The van der Waals surface area contributed by atoms with Crippen LogP contribution in [0, 0.1) is 11.3 Å². The molecule has 1 fully saturated rings. The van der Waals surface area contributed by atoms with Crippen molar-refractivity contribution in [3.05, 3.63) is 40.0 Å². The average molecular weight is 327 g/mol. The van der Waals surface area contributed by atoms with Gasteiger partial charge in [0.05, 0.1) is 22.3 Å². The van der Waals surface area contributed by atoms with E-state index >= 15 is 0 Å². The summed E-state index contributed by atoms with van der Waals surface area (Å²) in [6.45, 7) is 9.14. The molecule has 0 atom stereocenters. The van der Waals surface area contributed by atoms with Crippen LogP contribution in [0.25, 0.3) is 0 Å². The molecule has 1 saturated heterocycles. The Morgan fingerprint density at radius 2 is 2.09 bits per heavy atom. The molecule has 0 radical (unpaired) electrons. The zero-order valence-corrected chi connectivity index (χ0v) is 14.4. The Labute approximate surface area is 141 Å². The Hall–Kier alpha value is -1.97. The molecular formula is C17H21N5S. The molecule has 1 aliphatic heterocycles. The molecule has 0 aliphatic carbocycles. The highest BCUT2D eigenvalue weighted by Gasteiger charge is 2.19. The average Bonchev–Trinajstić information content (AvgIpc) is 3.04.